The van der Waals surface area contributed by atoms with Crippen LogP contribution in [0.3, 0.4) is 0 Å². The second-order valence-electron chi connectivity index (χ2n) is 4.70. The van der Waals surface area contributed by atoms with Gasteiger partial charge in [0.05, 0.1) is 5.25 Å². The van der Waals surface area contributed by atoms with Crippen LogP contribution in [0.25, 0.3) is 11.4 Å². The average molecular weight is 337 g/mol. The zero-order chi connectivity index (χ0) is 17.0. The van der Waals surface area contributed by atoms with Crippen molar-refractivity contribution in [1.29, 1.82) is 0 Å². The van der Waals surface area contributed by atoms with Crippen molar-refractivity contribution in [1.82, 2.24) is 25.4 Å². The molecule has 23 heavy (non-hydrogen) atoms. The van der Waals surface area contributed by atoms with Gasteiger partial charge in [-0.2, -0.15) is 0 Å². The molecule has 0 unspecified atom stereocenters. The number of benzene rings is 1. The third-order valence-electron chi connectivity index (χ3n) is 3.05. The highest BCUT2D eigenvalue weighted by molar-refractivity contribution is 8.00. The van der Waals surface area contributed by atoms with Crippen molar-refractivity contribution in [2.75, 3.05) is 7.05 Å². The van der Waals surface area contributed by atoms with E-state index >= 15 is 0 Å². The Morgan fingerprint density at radius 3 is 2.52 bits per heavy atom. The fraction of sp³-hybridized carbons (Fsp3) is 0.286. The van der Waals surface area contributed by atoms with E-state index in [9.17, 15) is 14.0 Å². The van der Waals surface area contributed by atoms with Crippen molar-refractivity contribution in [2.24, 2.45) is 7.05 Å². The summed E-state index contributed by atoms with van der Waals surface area (Å²) >= 11 is 1.17. The minimum Gasteiger partial charge on any atom is -0.341 e. The molecular weight excluding hydrogens is 321 g/mol. The summed E-state index contributed by atoms with van der Waals surface area (Å²) in [6.07, 6.45) is 0. The maximum absolute atomic E-state index is 13.0. The van der Waals surface area contributed by atoms with Gasteiger partial charge in [0.25, 0.3) is 0 Å². The lowest BCUT2D eigenvalue weighted by molar-refractivity contribution is -0.119. The first-order valence-corrected chi connectivity index (χ1v) is 7.65. The van der Waals surface area contributed by atoms with Gasteiger partial charge in [-0.25, -0.2) is 9.18 Å². The van der Waals surface area contributed by atoms with Crippen LogP contribution in [0.2, 0.25) is 0 Å². The van der Waals surface area contributed by atoms with Gasteiger partial charge in [-0.05, 0) is 31.2 Å². The number of rotatable bonds is 4. The quantitative estimate of drug-likeness (QED) is 0.827. The molecule has 0 aliphatic heterocycles. The first-order chi connectivity index (χ1) is 10.9. The van der Waals surface area contributed by atoms with Gasteiger partial charge in [-0.3, -0.25) is 10.1 Å². The van der Waals surface area contributed by atoms with E-state index in [1.165, 1.54) is 30.9 Å². The molecule has 0 saturated carbocycles. The number of carbonyl (C=O) groups excluding carboxylic acids is 2. The number of hydrogen-bond donors (Lipinski definition) is 2. The number of halogens is 1. The molecule has 0 radical (unpaired) electrons. The maximum Gasteiger partial charge on any atom is 0.321 e. The monoisotopic (exact) mass is 337 g/mol. The van der Waals surface area contributed by atoms with Gasteiger partial charge in [-0.15, -0.1) is 10.2 Å². The van der Waals surface area contributed by atoms with Gasteiger partial charge in [-0.1, -0.05) is 11.8 Å². The normalized spacial score (nSPS) is 11.8. The molecule has 0 aliphatic rings. The van der Waals surface area contributed by atoms with E-state index in [2.05, 4.69) is 20.8 Å². The molecule has 2 aromatic rings. The van der Waals surface area contributed by atoms with Crippen molar-refractivity contribution < 1.29 is 14.0 Å². The minimum absolute atomic E-state index is 0.329. The van der Waals surface area contributed by atoms with Crippen LogP contribution in [-0.4, -0.2) is 39.0 Å². The summed E-state index contributed by atoms with van der Waals surface area (Å²) in [5.74, 6) is -0.197. The second kappa shape index (κ2) is 7.23. The molecule has 1 aromatic heterocycles. The third kappa shape index (κ3) is 4.07. The smallest absolute Gasteiger partial charge is 0.321 e. The summed E-state index contributed by atoms with van der Waals surface area (Å²) in [4.78, 5) is 23.0. The average Bonchev–Trinajstić information content (AvgIpc) is 2.89. The number of carbonyl (C=O) groups is 2. The number of amides is 3. The Morgan fingerprint density at radius 2 is 1.91 bits per heavy atom. The minimum atomic E-state index is -0.563. The highest BCUT2D eigenvalue weighted by atomic mass is 32.2. The predicted molar refractivity (Wildman–Crippen MR) is 84.3 cm³/mol. The lowest BCUT2D eigenvalue weighted by atomic mass is 10.2. The number of aromatic nitrogens is 3. The molecule has 0 fully saturated rings. The van der Waals surface area contributed by atoms with Gasteiger partial charge in [0, 0.05) is 19.7 Å². The number of thioether (sulfide) groups is 1. The molecule has 2 N–H and O–H groups in total. The highest BCUT2D eigenvalue weighted by Crippen LogP contribution is 2.25. The van der Waals surface area contributed by atoms with E-state index in [0.29, 0.717) is 11.0 Å². The Bertz CT molecular complexity index is 716. The summed E-state index contributed by atoms with van der Waals surface area (Å²) in [7, 11) is 3.18. The molecular formula is C14H16FN5O2S. The van der Waals surface area contributed by atoms with Crippen LogP contribution in [0.5, 0.6) is 0 Å². The second-order valence-corrected chi connectivity index (χ2v) is 6.01. The Balaban J connectivity index is 2.11. The molecule has 1 aromatic carbocycles. The summed E-state index contributed by atoms with van der Waals surface area (Å²) < 4.78 is 14.7. The Labute approximate surface area is 136 Å². The van der Waals surface area contributed by atoms with Gasteiger partial charge in [0.15, 0.2) is 11.0 Å². The Kier molecular flexibility index (Phi) is 5.32. The molecule has 0 spiro atoms. The summed E-state index contributed by atoms with van der Waals surface area (Å²) in [5, 5.41) is 12.6. The van der Waals surface area contributed by atoms with Crippen LogP contribution in [0.15, 0.2) is 29.4 Å². The largest absolute Gasteiger partial charge is 0.341 e. The molecule has 0 aliphatic carbocycles. The van der Waals surface area contributed by atoms with Crippen LogP contribution in [-0.2, 0) is 11.8 Å². The van der Waals surface area contributed by atoms with Gasteiger partial charge in [0.2, 0.25) is 5.91 Å². The van der Waals surface area contributed by atoms with Gasteiger partial charge >= 0.3 is 6.03 Å². The summed E-state index contributed by atoms with van der Waals surface area (Å²) in [5.41, 5.74) is 0.718. The van der Waals surface area contributed by atoms with Crippen LogP contribution in [0, 0.1) is 5.82 Å². The zero-order valence-electron chi connectivity index (χ0n) is 12.8. The van der Waals surface area contributed by atoms with E-state index in [0.717, 1.165) is 5.56 Å². The van der Waals surface area contributed by atoms with Crippen molar-refractivity contribution in [3.63, 3.8) is 0 Å². The molecule has 1 heterocycles. The van der Waals surface area contributed by atoms with Crippen LogP contribution in [0.1, 0.15) is 6.92 Å². The molecule has 122 valence electrons. The SMILES string of the molecule is CNC(=O)NC(=O)[C@H](C)Sc1nnc(-c2ccc(F)cc2)n1C. The third-order valence-corrected chi connectivity index (χ3v) is 4.19. The van der Waals surface area contributed by atoms with E-state index in [-0.39, 0.29) is 5.82 Å². The van der Waals surface area contributed by atoms with Crippen molar-refractivity contribution in [3.05, 3.63) is 30.1 Å². The predicted octanol–water partition coefficient (Wildman–Crippen LogP) is 1.56. The van der Waals surface area contributed by atoms with Crippen molar-refractivity contribution in [2.45, 2.75) is 17.3 Å². The first-order valence-electron chi connectivity index (χ1n) is 6.77. The Morgan fingerprint density at radius 1 is 1.26 bits per heavy atom. The number of nitrogens with one attached hydrogen (secondary N) is 2. The Hall–Kier alpha value is -2.42. The summed E-state index contributed by atoms with van der Waals surface area (Å²) in [6.45, 7) is 1.66. The lowest BCUT2D eigenvalue weighted by Crippen LogP contribution is -2.41. The van der Waals surface area contributed by atoms with Gasteiger partial charge < -0.3 is 9.88 Å². The van der Waals surface area contributed by atoms with Crippen LogP contribution >= 0.6 is 11.8 Å². The van der Waals surface area contributed by atoms with Crippen LogP contribution in [0.4, 0.5) is 9.18 Å². The summed E-state index contributed by atoms with van der Waals surface area (Å²) in [6, 6.07) is 5.34. The van der Waals surface area contributed by atoms with Crippen molar-refractivity contribution in [3.8, 4) is 11.4 Å². The molecule has 9 heteroatoms. The zero-order valence-corrected chi connectivity index (χ0v) is 13.6. The number of nitrogens with zero attached hydrogens (tertiary/aromatic N) is 3. The van der Waals surface area contributed by atoms with E-state index in [1.807, 2.05) is 0 Å². The maximum atomic E-state index is 13.0. The topological polar surface area (TPSA) is 88.9 Å². The highest BCUT2D eigenvalue weighted by Gasteiger charge is 2.20. The van der Waals surface area contributed by atoms with Crippen molar-refractivity contribution >= 4 is 23.7 Å². The first kappa shape index (κ1) is 16.9. The molecule has 1 atom stereocenters. The number of imide groups is 1. The van der Waals surface area contributed by atoms with E-state index < -0.39 is 17.2 Å². The van der Waals surface area contributed by atoms with E-state index in [1.54, 1.807) is 30.7 Å². The fourth-order valence-electron chi connectivity index (χ4n) is 1.76. The van der Waals surface area contributed by atoms with Crippen LogP contribution < -0.4 is 10.6 Å². The number of hydrogen-bond acceptors (Lipinski definition) is 5. The molecule has 2 rings (SSSR count). The molecule has 0 saturated heterocycles. The molecule has 0 bridgehead atoms. The molecule has 7 nitrogen and oxygen atoms in total. The fourth-order valence-corrected chi connectivity index (χ4v) is 2.57. The van der Waals surface area contributed by atoms with Gasteiger partial charge in [0.1, 0.15) is 5.82 Å². The number of urea groups is 1. The standard InChI is InChI=1S/C14H16FN5O2S/c1-8(12(21)17-13(22)16-2)23-14-19-18-11(20(14)3)9-4-6-10(15)7-5-9/h4-8H,1-3H3,(H2,16,17,21,22)/t8-/m0/s1. The lowest BCUT2D eigenvalue weighted by Gasteiger charge is -2.10. The molecule has 3 amide bonds. The van der Waals surface area contributed by atoms with E-state index in [4.69, 9.17) is 0 Å².